The Morgan fingerprint density at radius 2 is 1.88 bits per heavy atom. The van der Waals surface area contributed by atoms with Crippen LogP contribution in [0, 0.1) is 11.3 Å². The first-order chi connectivity index (χ1) is 15.7. The number of fused-ring (bicyclic) bond motifs is 3. The highest BCUT2D eigenvalue weighted by Gasteiger charge is 2.22. The second kappa shape index (κ2) is 9.19. The van der Waals surface area contributed by atoms with Crippen LogP contribution in [0.4, 0.5) is 0 Å². The number of benzene rings is 2. The van der Waals surface area contributed by atoms with Crippen LogP contribution in [0.5, 0.6) is 5.75 Å². The average molecular weight is 460 g/mol. The van der Waals surface area contributed by atoms with Crippen molar-refractivity contribution in [1.82, 2.24) is 9.55 Å². The molecule has 2 heterocycles. The molecule has 0 saturated heterocycles. The zero-order valence-corrected chi connectivity index (χ0v) is 19.0. The molecular formula is C25H21N3O2S2. The average Bonchev–Trinajstić information content (AvgIpc) is 3.21. The Kier molecular flexibility index (Phi) is 5.97. The zero-order valence-electron chi connectivity index (χ0n) is 17.4. The molecular weight excluding hydrogens is 438 g/mol. The Bertz CT molecular complexity index is 1350. The highest BCUT2D eigenvalue weighted by atomic mass is 32.2. The van der Waals surface area contributed by atoms with Gasteiger partial charge in [-0.3, -0.25) is 9.36 Å². The van der Waals surface area contributed by atoms with E-state index in [1.165, 1.54) is 22.2 Å². The summed E-state index contributed by atoms with van der Waals surface area (Å²) in [5.41, 5.74) is 2.95. The van der Waals surface area contributed by atoms with Gasteiger partial charge in [-0.25, -0.2) is 4.98 Å². The maximum Gasteiger partial charge on any atom is 0.267 e. The van der Waals surface area contributed by atoms with Crippen LogP contribution in [-0.4, -0.2) is 15.3 Å². The molecule has 2 aromatic heterocycles. The molecule has 0 N–H and O–H groups in total. The van der Waals surface area contributed by atoms with Crippen molar-refractivity contribution in [3.63, 3.8) is 0 Å². The van der Waals surface area contributed by atoms with Crippen molar-refractivity contribution in [3.05, 3.63) is 81.0 Å². The largest absolute Gasteiger partial charge is 0.489 e. The van der Waals surface area contributed by atoms with E-state index in [4.69, 9.17) is 15.0 Å². The molecule has 0 saturated carbocycles. The fraction of sp³-hybridized carbons (Fsp3) is 0.240. The van der Waals surface area contributed by atoms with Gasteiger partial charge in [0.05, 0.1) is 22.9 Å². The Morgan fingerprint density at radius 3 is 2.66 bits per heavy atom. The number of rotatable bonds is 6. The van der Waals surface area contributed by atoms with Gasteiger partial charge in [-0.2, -0.15) is 5.26 Å². The molecule has 5 nitrogen and oxygen atoms in total. The van der Waals surface area contributed by atoms with Gasteiger partial charge in [0, 0.05) is 4.88 Å². The van der Waals surface area contributed by atoms with Crippen molar-refractivity contribution >= 4 is 33.3 Å². The standard InChI is InChI=1S/C25H21N3O2S2/c26-14-15-31-25-27-23-22(20-8-4-5-9-21(20)32-23)24(29)28(25)18-10-12-19(13-11-18)30-16-17-6-2-1-3-7-17/h1-3,6-7,10-13H,4-5,8-9,15-16H2. The van der Waals surface area contributed by atoms with Crippen LogP contribution >= 0.6 is 23.1 Å². The van der Waals surface area contributed by atoms with Gasteiger partial charge in [0.2, 0.25) is 0 Å². The molecule has 1 aliphatic carbocycles. The molecule has 32 heavy (non-hydrogen) atoms. The predicted octanol–water partition coefficient (Wildman–Crippen LogP) is 5.52. The van der Waals surface area contributed by atoms with Gasteiger partial charge < -0.3 is 4.74 Å². The zero-order chi connectivity index (χ0) is 21.9. The van der Waals surface area contributed by atoms with E-state index < -0.39 is 0 Å². The fourth-order valence-corrected chi connectivity index (χ4v) is 6.02. The van der Waals surface area contributed by atoms with E-state index in [0.717, 1.165) is 52.9 Å². The lowest BCUT2D eigenvalue weighted by atomic mass is 9.97. The highest BCUT2D eigenvalue weighted by Crippen LogP contribution is 2.35. The first kappa shape index (κ1) is 20.8. The molecule has 0 spiro atoms. The van der Waals surface area contributed by atoms with Gasteiger partial charge in [-0.1, -0.05) is 42.1 Å². The van der Waals surface area contributed by atoms with Gasteiger partial charge >= 0.3 is 0 Å². The van der Waals surface area contributed by atoms with Crippen LogP contribution in [0.1, 0.15) is 28.8 Å². The lowest BCUT2D eigenvalue weighted by Crippen LogP contribution is -2.22. The minimum absolute atomic E-state index is 0.0483. The summed E-state index contributed by atoms with van der Waals surface area (Å²) in [5, 5.41) is 10.4. The molecule has 0 unspecified atom stereocenters. The van der Waals surface area contributed by atoms with E-state index in [1.807, 2.05) is 54.6 Å². The van der Waals surface area contributed by atoms with Crippen molar-refractivity contribution < 1.29 is 4.74 Å². The molecule has 4 aromatic rings. The molecule has 5 rings (SSSR count). The second-order valence-electron chi connectivity index (χ2n) is 7.64. The van der Waals surface area contributed by atoms with E-state index >= 15 is 0 Å². The number of nitriles is 1. The maximum absolute atomic E-state index is 13.6. The third-order valence-corrected chi connectivity index (χ3v) is 7.56. The number of ether oxygens (including phenoxy) is 1. The lowest BCUT2D eigenvalue weighted by Gasteiger charge is -2.13. The van der Waals surface area contributed by atoms with E-state index in [-0.39, 0.29) is 11.3 Å². The van der Waals surface area contributed by atoms with E-state index in [9.17, 15) is 4.79 Å². The van der Waals surface area contributed by atoms with Crippen molar-refractivity contribution in [3.8, 4) is 17.5 Å². The SMILES string of the molecule is N#CCSc1nc2sc3c(c2c(=O)n1-c1ccc(OCc2ccccc2)cc1)CCCC3. The van der Waals surface area contributed by atoms with Crippen LogP contribution in [0.15, 0.2) is 64.5 Å². The van der Waals surface area contributed by atoms with E-state index in [0.29, 0.717) is 11.8 Å². The van der Waals surface area contributed by atoms with E-state index in [1.54, 1.807) is 15.9 Å². The molecule has 0 radical (unpaired) electrons. The van der Waals surface area contributed by atoms with Gasteiger partial charge in [0.25, 0.3) is 5.56 Å². The van der Waals surface area contributed by atoms with Gasteiger partial charge in [-0.05, 0) is 61.1 Å². The van der Waals surface area contributed by atoms with Crippen molar-refractivity contribution in [2.45, 2.75) is 37.4 Å². The van der Waals surface area contributed by atoms with Crippen LogP contribution in [-0.2, 0) is 19.4 Å². The summed E-state index contributed by atoms with van der Waals surface area (Å²) in [6, 6.07) is 19.6. The Balaban J connectivity index is 1.52. The Hall–Kier alpha value is -3.08. The van der Waals surface area contributed by atoms with Crippen LogP contribution in [0.3, 0.4) is 0 Å². The quantitative estimate of drug-likeness (QED) is 0.280. The smallest absolute Gasteiger partial charge is 0.267 e. The summed E-state index contributed by atoms with van der Waals surface area (Å²) in [6.45, 7) is 0.484. The number of hydrogen-bond donors (Lipinski definition) is 0. The molecule has 0 bridgehead atoms. The third-order valence-electron chi connectivity index (χ3n) is 5.57. The number of nitrogens with zero attached hydrogens (tertiary/aromatic N) is 3. The van der Waals surface area contributed by atoms with Crippen LogP contribution in [0.2, 0.25) is 0 Å². The van der Waals surface area contributed by atoms with E-state index in [2.05, 4.69) is 6.07 Å². The van der Waals surface area contributed by atoms with Gasteiger partial charge in [0.1, 0.15) is 17.2 Å². The Labute approximate surface area is 194 Å². The Morgan fingerprint density at radius 1 is 1.09 bits per heavy atom. The molecule has 1 aliphatic rings. The normalized spacial score (nSPS) is 13.0. The summed E-state index contributed by atoms with van der Waals surface area (Å²) in [5.74, 6) is 0.972. The molecule has 7 heteroatoms. The number of thiophene rings is 1. The summed E-state index contributed by atoms with van der Waals surface area (Å²) in [4.78, 5) is 20.5. The maximum atomic E-state index is 13.6. The minimum Gasteiger partial charge on any atom is -0.489 e. The van der Waals surface area contributed by atoms with Gasteiger partial charge in [0.15, 0.2) is 5.16 Å². The monoisotopic (exact) mass is 459 g/mol. The minimum atomic E-state index is -0.0483. The van der Waals surface area contributed by atoms with Gasteiger partial charge in [-0.15, -0.1) is 11.3 Å². The second-order valence-corrected chi connectivity index (χ2v) is 9.67. The van der Waals surface area contributed by atoms with Crippen molar-refractivity contribution in [2.24, 2.45) is 0 Å². The molecule has 0 amide bonds. The highest BCUT2D eigenvalue weighted by molar-refractivity contribution is 7.99. The van der Waals surface area contributed by atoms with Crippen molar-refractivity contribution in [2.75, 3.05) is 5.75 Å². The molecule has 0 aliphatic heterocycles. The van der Waals surface area contributed by atoms with Crippen molar-refractivity contribution in [1.29, 1.82) is 5.26 Å². The van der Waals surface area contributed by atoms with Crippen LogP contribution < -0.4 is 10.3 Å². The fourth-order valence-electron chi connectivity index (χ4n) is 4.04. The number of aryl methyl sites for hydroxylation is 2. The molecule has 0 fully saturated rings. The first-order valence-electron chi connectivity index (χ1n) is 10.6. The predicted molar refractivity (Wildman–Crippen MR) is 129 cm³/mol. The third kappa shape index (κ3) is 4.04. The molecule has 2 aromatic carbocycles. The number of thioether (sulfide) groups is 1. The molecule has 160 valence electrons. The molecule has 0 atom stereocenters. The summed E-state index contributed by atoms with van der Waals surface area (Å²) >= 11 is 2.93. The van der Waals surface area contributed by atoms with Crippen LogP contribution in [0.25, 0.3) is 15.9 Å². The summed E-state index contributed by atoms with van der Waals surface area (Å²) in [6.07, 6.45) is 4.22. The topological polar surface area (TPSA) is 67.9 Å². The first-order valence-corrected chi connectivity index (χ1v) is 12.4. The number of aromatic nitrogens is 2. The summed E-state index contributed by atoms with van der Waals surface area (Å²) < 4.78 is 7.54. The lowest BCUT2D eigenvalue weighted by molar-refractivity contribution is 0.306. The summed E-state index contributed by atoms with van der Waals surface area (Å²) in [7, 11) is 0. The number of hydrogen-bond acceptors (Lipinski definition) is 6.